The molecule has 21 heavy (non-hydrogen) atoms. The van der Waals surface area contributed by atoms with E-state index in [0.29, 0.717) is 12.6 Å². The summed E-state index contributed by atoms with van der Waals surface area (Å²) in [5.41, 5.74) is 0.777. The van der Waals surface area contributed by atoms with Gasteiger partial charge in [0.25, 0.3) is 0 Å². The molecule has 1 aliphatic rings. The first-order valence-electron chi connectivity index (χ1n) is 7.34. The van der Waals surface area contributed by atoms with Crippen LogP contribution in [-0.4, -0.2) is 30.8 Å². The van der Waals surface area contributed by atoms with E-state index in [2.05, 4.69) is 57.1 Å². The number of benzene rings is 1. The standard InChI is InChI=1S/C16H23IN2O2/c1-16(2,3)21-15(20)18-11-14-5-4-10-19(14)13-8-6-12(17)7-9-13/h6-9,14H,4-5,10-11H2,1-3H3,(H,18,20)/t14-/m0/s1. The second-order valence-corrected chi connectivity index (χ2v) is 7.59. The fourth-order valence-corrected chi connectivity index (χ4v) is 2.90. The number of rotatable bonds is 3. The Balaban J connectivity index is 1.90. The fourth-order valence-electron chi connectivity index (χ4n) is 2.54. The van der Waals surface area contributed by atoms with E-state index in [1.54, 1.807) is 0 Å². The molecular weight excluding hydrogens is 379 g/mol. The van der Waals surface area contributed by atoms with E-state index in [4.69, 9.17) is 4.74 Å². The smallest absolute Gasteiger partial charge is 0.407 e. The minimum atomic E-state index is -0.449. The summed E-state index contributed by atoms with van der Waals surface area (Å²) in [5.74, 6) is 0. The first-order valence-corrected chi connectivity index (χ1v) is 8.42. The monoisotopic (exact) mass is 402 g/mol. The third kappa shape index (κ3) is 5.05. The first kappa shape index (κ1) is 16.4. The van der Waals surface area contributed by atoms with Gasteiger partial charge in [-0.2, -0.15) is 0 Å². The van der Waals surface area contributed by atoms with Crippen molar-refractivity contribution in [2.24, 2.45) is 0 Å². The molecule has 1 aromatic rings. The molecule has 1 atom stereocenters. The van der Waals surface area contributed by atoms with Crippen LogP contribution in [0.3, 0.4) is 0 Å². The minimum absolute atomic E-state index is 0.336. The van der Waals surface area contributed by atoms with E-state index in [0.717, 1.165) is 19.4 Å². The van der Waals surface area contributed by atoms with Crippen LogP contribution in [0, 0.1) is 3.57 Å². The van der Waals surface area contributed by atoms with Crippen molar-refractivity contribution >= 4 is 34.4 Å². The summed E-state index contributed by atoms with van der Waals surface area (Å²) >= 11 is 2.31. The summed E-state index contributed by atoms with van der Waals surface area (Å²) in [7, 11) is 0. The molecule has 0 spiro atoms. The maximum absolute atomic E-state index is 11.8. The van der Waals surface area contributed by atoms with Crippen LogP contribution < -0.4 is 10.2 Å². The Hall–Kier alpha value is -0.980. The maximum Gasteiger partial charge on any atom is 0.407 e. The molecule has 0 unspecified atom stereocenters. The molecule has 2 rings (SSSR count). The lowest BCUT2D eigenvalue weighted by molar-refractivity contribution is 0.0525. The molecule has 116 valence electrons. The van der Waals surface area contributed by atoms with Gasteiger partial charge in [0.15, 0.2) is 0 Å². The first-order chi connectivity index (χ1) is 9.85. The van der Waals surface area contributed by atoms with Gasteiger partial charge in [0, 0.05) is 28.4 Å². The summed E-state index contributed by atoms with van der Waals surface area (Å²) in [5, 5.41) is 2.89. The lowest BCUT2D eigenvalue weighted by atomic mass is 10.2. The Kier molecular flexibility index (Phi) is 5.35. The van der Waals surface area contributed by atoms with Crippen molar-refractivity contribution in [3.8, 4) is 0 Å². The zero-order valence-electron chi connectivity index (χ0n) is 12.9. The van der Waals surface area contributed by atoms with Crippen LogP contribution >= 0.6 is 22.6 Å². The highest BCUT2D eigenvalue weighted by atomic mass is 127. The molecule has 1 fully saturated rings. The van der Waals surface area contributed by atoms with Crippen molar-refractivity contribution in [3.05, 3.63) is 27.8 Å². The Morgan fingerprint density at radius 3 is 2.67 bits per heavy atom. The normalized spacial score (nSPS) is 18.7. The molecule has 0 aromatic heterocycles. The predicted molar refractivity (Wildman–Crippen MR) is 93.8 cm³/mol. The fraction of sp³-hybridized carbons (Fsp3) is 0.562. The molecule has 0 aliphatic carbocycles. The van der Waals surface area contributed by atoms with Crippen molar-refractivity contribution in [1.82, 2.24) is 5.32 Å². The second kappa shape index (κ2) is 6.85. The highest BCUT2D eigenvalue weighted by Crippen LogP contribution is 2.25. The van der Waals surface area contributed by atoms with Gasteiger partial charge >= 0.3 is 6.09 Å². The van der Waals surface area contributed by atoms with Gasteiger partial charge in [-0.15, -0.1) is 0 Å². The average Bonchev–Trinajstić information content (AvgIpc) is 2.83. The number of amides is 1. The van der Waals surface area contributed by atoms with Crippen molar-refractivity contribution in [2.45, 2.75) is 45.3 Å². The Labute approximate surface area is 140 Å². The third-order valence-electron chi connectivity index (χ3n) is 3.42. The van der Waals surface area contributed by atoms with E-state index in [1.165, 1.54) is 9.26 Å². The molecule has 1 aliphatic heterocycles. The topological polar surface area (TPSA) is 41.6 Å². The summed E-state index contributed by atoms with van der Waals surface area (Å²) < 4.78 is 6.52. The molecule has 1 saturated heterocycles. The number of hydrogen-bond donors (Lipinski definition) is 1. The molecular formula is C16H23IN2O2. The van der Waals surface area contributed by atoms with Crippen LogP contribution in [0.2, 0.25) is 0 Å². The number of nitrogens with zero attached hydrogens (tertiary/aromatic N) is 1. The van der Waals surface area contributed by atoms with Gasteiger partial charge in [0.05, 0.1) is 0 Å². The van der Waals surface area contributed by atoms with Crippen LogP contribution in [0.15, 0.2) is 24.3 Å². The third-order valence-corrected chi connectivity index (χ3v) is 4.14. The summed E-state index contributed by atoms with van der Waals surface area (Å²) in [6.45, 7) is 7.29. The lowest BCUT2D eigenvalue weighted by Crippen LogP contribution is -2.42. The predicted octanol–water partition coefficient (Wildman–Crippen LogP) is 3.78. The Bertz CT molecular complexity index is 482. The molecule has 1 heterocycles. The van der Waals surface area contributed by atoms with Crippen molar-refractivity contribution in [2.75, 3.05) is 18.0 Å². The molecule has 1 N–H and O–H groups in total. The zero-order valence-corrected chi connectivity index (χ0v) is 15.0. The minimum Gasteiger partial charge on any atom is -0.444 e. The number of alkyl carbamates (subject to hydrolysis) is 1. The van der Waals surface area contributed by atoms with Gasteiger partial charge in [0.1, 0.15) is 5.60 Å². The maximum atomic E-state index is 11.8. The van der Waals surface area contributed by atoms with E-state index >= 15 is 0 Å². The van der Waals surface area contributed by atoms with Crippen LogP contribution in [0.4, 0.5) is 10.5 Å². The molecule has 0 saturated carbocycles. The van der Waals surface area contributed by atoms with E-state index in [1.807, 2.05) is 20.8 Å². The number of carbonyl (C=O) groups excluding carboxylic acids is 1. The highest BCUT2D eigenvalue weighted by Gasteiger charge is 2.26. The summed E-state index contributed by atoms with van der Waals surface area (Å²) in [6.07, 6.45) is 1.92. The molecule has 1 amide bonds. The Morgan fingerprint density at radius 2 is 2.05 bits per heavy atom. The van der Waals surface area contributed by atoms with Gasteiger partial charge in [-0.05, 0) is 80.5 Å². The van der Waals surface area contributed by atoms with Gasteiger partial charge < -0.3 is 15.0 Å². The molecule has 1 aromatic carbocycles. The van der Waals surface area contributed by atoms with E-state index < -0.39 is 5.60 Å². The SMILES string of the molecule is CC(C)(C)OC(=O)NC[C@@H]1CCCN1c1ccc(I)cc1. The van der Waals surface area contributed by atoms with E-state index in [9.17, 15) is 4.79 Å². The lowest BCUT2D eigenvalue weighted by Gasteiger charge is -2.27. The van der Waals surface area contributed by atoms with Crippen molar-refractivity contribution in [1.29, 1.82) is 0 Å². The number of anilines is 1. The molecule has 0 bridgehead atoms. The van der Waals surface area contributed by atoms with Crippen LogP contribution in [0.25, 0.3) is 0 Å². The van der Waals surface area contributed by atoms with Crippen LogP contribution in [0.5, 0.6) is 0 Å². The number of ether oxygens (including phenoxy) is 1. The number of hydrogen-bond acceptors (Lipinski definition) is 3. The highest BCUT2D eigenvalue weighted by molar-refractivity contribution is 14.1. The van der Waals surface area contributed by atoms with Crippen LogP contribution in [0.1, 0.15) is 33.6 Å². The summed E-state index contributed by atoms with van der Waals surface area (Å²) in [4.78, 5) is 14.1. The van der Waals surface area contributed by atoms with E-state index in [-0.39, 0.29) is 6.09 Å². The average molecular weight is 402 g/mol. The molecule has 0 radical (unpaired) electrons. The second-order valence-electron chi connectivity index (χ2n) is 6.35. The number of halogens is 1. The van der Waals surface area contributed by atoms with Gasteiger partial charge in [0.2, 0.25) is 0 Å². The quantitative estimate of drug-likeness (QED) is 0.783. The van der Waals surface area contributed by atoms with Gasteiger partial charge in [-0.3, -0.25) is 0 Å². The van der Waals surface area contributed by atoms with Crippen molar-refractivity contribution < 1.29 is 9.53 Å². The Morgan fingerprint density at radius 1 is 1.38 bits per heavy atom. The largest absolute Gasteiger partial charge is 0.444 e. The number of carbonyl (C=O) groups is 1. The van der Waals surface area contributed by atoms with Crippen LogP contribution in [-0.2, 0) is 4.74 Å². The molecule has 4 nitrogen and oxygen atoms in total. The number of nitrogens with one attached hydrogen (secondary N) is 1. The summed E-state index contributed by atoms with van der Waals surface area (Å²) in [6, 6.07) is 8.87. The molecule has 5 heteroatoms. The van der Waals surface area contributed by atoms with Gasteiger partial charge in [-0.25, -0.2) is 4.79 Å². The zero-order chi connectivity index (χ0) is 15.5. The van der Waals surface area contributed by atoms with Gasteiger partial charge in [-0.1, -0.05) is 0 Å². The van der Waals surface area contributed by atoms with Crippen molar-refractivity contribution in [3.63, 3.8) is 0 Å².